The first-order valence-electron chi connectivity index (χ1n) is 11.9. The molecule has 2 aliphatic rings. The molecule has 3 nitrogen and oxygen atoms in total. The van der Waals surface area contributed by atoms with Gasteiger partial charge in [0.15, 0.2) is 0 Å². The van der Waals surface area contributed by atoms with Gasteiger partial charge in [0.05, 0.1) is 5.56 Å². The fourth-order valence-corrected chi connectivity index (χ4v) is 5.48. The van der Waals surface area contributed by atoms with Gasteiger partial charge in [0, 0.05) is 25.6 Å². The zero-order valence-electron chi connectivity index (χ0n) is 19.2. The highest BCUT2D eigenvalue weighted by Gasteiger charge is 2.37. The Balaban J connectivity index is 1.88. The van der Waals surface area contributed by atoms with E-state index in [2.05, 4.69) is 24.8 Å². The van der Waals surface area contributed by atoms with Gasteiger partial charge in [-0.25, -0.2) is 0 Å². The van der Waals surface area contributed by atoms with Gasteiger partial charge in [-0.1, -0.05) is 37.6 Å². The minimum absolute atomic E-state index is 0.0401. The number of alkyl halides is 3. The maximum Gasteiger partial charge on any atom is 0.416 e. The van der Waals surface area contributed by atoms with Gasteiger partial charge in [0.2, 0.25) is 0 Å². The number of halogens is 3. The Kier molecular flexibility index (Phi) is 8.43. The lowest BCUT2D eigenvalue weighted by molar-refractivity contribution is -0.139. The highest BCUT2D eigenvalue weighted by molar-refractivity contribution is 5.67. The molecule has 0 unspecified atom stereocenters. The molecule has 1 fully saturated rings. The summed E-state index contributed by atoms with van der Waals surface area (Å²) in [6, 6.07) is 5.77. The van der Waals surface area contributed by atoms with Crippen LogP contribution in [0.5, 0.6) is 0 Å². The Labute approximate surface area is 189 Å². The van der Waals surface area contributed by atoms with E-state index < -0.39 is 17.7 Å². The molecule has 2 aliphatic carbocycles. The van der Waals surface area contributed by atoms with Crippen molar-refractivity contribution in [3.05, 3.63) is 47.0 Å². The number of carboxylic acids is 1. The molecule has 0 aromatic heterocycles. The molecule has 0 spiro atoms. The molecule has 6 heteroatoms. The minimum atomic E-state index is -4.35. The molecule has 178 valence electrons. The Bertz CT molecular complexity index is 785. The van der Waals surface area contributed by atoms with Crippen molar-refractivity contribution in [3.8, 4) is 0 Å². The normalized spacial score (nSPS) is 24.6. The Hall–Kier alpha value is -1.82. The van der Waals surface area contributed by atoms with Crippen LogP contribution >= 0.6 is 0 Å². The topological polar surface area (TPSA) is 40.5 Å². The molecule has 3 rings (SSSR count). The van der Waals surface area contributed by atoms with Crippen LogP contribution in [-0.2, 0) is 11.0 Å². The summed E-state index contributed by atoms with van der Waals surface area (Å²) in [5.41, 5.74) is 1.72. The number of carbonyl (C=O) groups is 1. The Morgan fingerprint density at radius 3 is 2.44 bits per heavy atom. The molecule has 32 heavy (non-hydrogen) atoms. The predicted molar refractivity (Wildman–Crippen MR) is 121 cm³/mol. The number of aliphatic carboxylic acids is 1. The summed E-state index contributed by atoms with van der Waals surface area (Å²) in [7, 11) is 0. The lowest BCUT2D eigenvalue weighted by atomic mass is 9.72. The van der Waals surface area contributed by atoms with E-state index in [0.717, 1.165) is 44.3 Å². The molecule has 1 aromatic carbocycles. The summed E-state index contributed by atoms with van der Waals surface area (Å²) in [4.78, 5) is 13.9. The van der Waals surface area contributed by atoms with Crippen molar-refractivity contribution in [2.75, 3.05) is 13.1 Å². The molecule has 0 aliphatic heterocycles. The van der Waals surface area contributed by atoms with Crippen molar-refractivity contribution in [3.63, 3.8) is 0 Å². The van der Waals surface area contributed by atoms with Gasteiger partial charge in [0.1, 0.15) is 0 Å². The maximum atomic E-state index is 13.1. The molecule has 0 radical (unpaired) electrons. The van der Waals surface area contributed by atoms with Crippen LogP contribution in [0, 0.1) is 11.8 Å². The average molecular weight is 452 g/mol. The molecule has 1 N–H and O–H groups in total. The summed E-state index contributed by atoms with van der Waals surface area (Å²) in [6.07, 6.45) is 5.26. The molecule has 0 bridgehead atoms. The number of carboxylic acid groups (broad SMARTS) is 1. The van der Waals surface area contributed by atoms with E-state index in [1.807, 2.05) is 0 Å². The molecule has 0 saturated heterocycles. The van der Waals surface area contributed by atoms with Crippen LogP contribution in [0.4, 0.5) is 13.2 Å². The maximum absolute atomic E-state index is 13.1. The summed E-state index contributed by atoms with van der Waals surface area (Å²) in [5.74, 6) is -0.223. The fraction of sp³-hybridized carbons (Fsp3) is 0.654. The molecular weight excluding hydrogens is 415 g/mol. The van der Waals surface area contributed by atoms with E-state index in [4.69, 9.17) is 0 Å². The van der Waals surface area contributed by atoms with Crippen LogP contribution in [0.1, 0.15) is 82.3 Å². The Morgan fingerprint density at radius 1 is 1.16 bits per heavy atom. The molecule has 1 saturated carbocycles. The SMILES string of the molecule is CC(C)CN(CC1=CCCCC1)[C@@H]1CC[C@@H](CC(=O)O)C[C@H]1c1ccc(C(F)(F)F)cc1. The third-order valence-electron chi connectivity index (χ3n) is 6.91. The number of benzene rings is 1. The van der Waals surface area contributed by atoms with Crippen LogP contribution < -0.4 is 0 Å². The number of allylic oxidation sites excluding steroid dienone is 1. The monoisotopic (exact) mass is 451 g/mol. The lowest BCUT2D eigenvalue weighted by Crippen LogP contribution is -2.45. The van der Waals surface area contributed by atoms with E-state index in [1.165, 1.54) is 30.5 Å². The molecule has 0 amide bonds. The smallest absolute Gasteiger partial charge is 0.416 e. The second-order valence-electron chi connectivity index (χ2n) is 10.0. The summed E-state index contributed by atoms with van der Waals surface area (Å²) < 4.78 is 39.3. The first kappa shape index (κ1) is 24.8. The van der Waals surface area contributed by atoms with Gasteiger partial charge >= 0.3 is 12.1 Å². The predicted octanol–water partition coefficient (Wildman–Crippen LogP) is 6.89. The summed E-state index contributed by atoms with van der Waals surface area (Å²) in [5, 5.41) is 9.32. The van der Waals surface area contributed by atoms with Crippen LogP contribution in [0.3, 0.4) is 0 Å². The molecule has 3 atom stereocenters. The molecule has 1 aromatic rings. The number of nitrogens with zero attached hydrogens (tertiary/aromatic N) is 1. The van der Waals surface area contributed by atoms with Crippen LogP contribution in [0.15, 0.2) is 35.9 Å². The van der Waals surface area contributed by atoms with Gasteiger partial charge in [-0.15, -0.1) is 0 Å². The third kappa shape index (κ3) is 6.84. The first-order chi connectivity index (χ1) is 15.1. The van der Waals surface area contributed by atoms with E-state index in [1.54, 1.807) is 12.1 Å². The molecule has 0 heterocycles. The van der Waals surface area contributed by atoms with Gasteiger partial charge in [-0.2, -0.15) is 13.2 Å². The number of hydrogen-bond donors (Lipinski definition) is 1. The largest absolute Gasteiger partial charge is 0.481 e. The van der Waals surface area contributed by atoms with Crippen molar-refractivity contribution >= 4 is 5.97 Å². The minimum Gasteiger partial charge on any atom is -0.481 e. The van der Waals surface area contributed by atoms with Crippen molar-refractivity contribution in [1.82, 2.24) is 4.90 Å². The fourth-order valence-electron chi connectivity index (χ4n) is 5.48. The van der Waals surface area contributed by atoms with Crippen molar-refractivity contribution in [2.45, 2.75) is 83.4 Å². The standard InChI is InChI=1S/C26H36F3NO2/c1-18(2)16-30(17-19-6-4-3-5-7-19)24-13-8-20(15-25(31)32)14-23(24)21-9-11-22(12-10-21)26(27,28)29/h6,9-12,18,20,23-24H,3-5,7-8,13-17H2,1-2H3,(H,31,32)/t20-,23+,24-/m1/s1. The zero-order valence-corrected chi connectivity index (χ0v) is 19.2. The third-order valence-corrected chi connectivity index (χ3v) is 6.91. The van der Waals surface area contributed by atoms with Crippen LogP contribution in [-0.4, -0.2) is 35.1 Å². The van der Waals surface area contributed by atoms with Gasteiger partial charge in [-0.3, -0.25) is 9.69 Å². The van der Waals surface area contributed by atoms with E-state index in [0.29, 0.717) is 12.3 Å². The van der Waals surface area contributed by atoms with Crippen LogP contribution in [0.25, 0.3) is 0 Å². The molecular formula is C26H36F3NO2. The van der Waals surface area contributed by atoms with Gasteiger partial charge < -0.3 is 5.11 Å². The van der Waals surface area contributed by atoms with E-state index >= 15 is 0 Å². The van der Waals surface area contributed by atoms with Crippen molar-refractivity contribution < 1.29 is 23.1 Å². The highest BCUT2D eigenvalue weighted by Crippen LogP contribution is 2.42. The first-order valence-corrected chi connectivity index (χ1v) is 11.9. The Morgan fingerprint density at radius 2 is 1.88 bits per heavy atom. The lowest BCUT2D eigenvalue weighted by Gasteiger charge is -2.44. The zero-order chi connectivity index (χ0) is 23.3. The highest BCUT2D eigenvalue weighted by atomic mass is 19.4. The van der Waals surface area contributed by atoms with Gasteiger partial charge in [-0.05, 0) is 80.4 Å². The average Bonchev–Trinajstić information content (AvgIpc) is 2.73. The van der Waals surface area contributed by atoms with E-state index in [9.17, 15) is 23.1 Å². The quantitative estimate of drug-likeness (QED) is 0.438. The van der Waals surface area contributed by atoms with E-state index in [-0.39, 0.29) is 24.3 Å². The van der Waals surface area contributed by atoms with Crippen molar-refractivity contribution in [1.29, 1.82) is 0 Å². The van der Waals surface area contributed by atoms with Crippen LogP contribution in [0.2, 0.25) is 0 Å². The summed E-state index contributed by atoms with van der Waals surface area (Å²) in [6.45, 7) is 6.24. The number of hydrogen-bond acceptors (Lipinski definition) is 2. The summed E-state index contributed by atoms with van der Waals surface area (Å²) >= 11 is 0. The number of rotatable bonds is 8. The second kappa shape index (κ2) is 10.9. The van der Waals surface area contributed by atoms with Crippen molar-refractivity contribution in [2.24, 2.45) is 11.8 Å². The second-order valence-corrected chi connectivity index (χ2v) is 10.0. The van der Waals surface area contributed by atoms with Gasteiger partial charge in [0.25, 0.3) is 0 Å².